The molecule has 0 saturated heterocycles. The van der Waals surface area contributed by atoms with Crippen molar-refractivity contribution in [3.63, 3.8) is 0 Å². The van der Waals surface area contributed by atoms with Crippen molar-refractivity contribution in [2.75, 3.05) is 6.61 Å². The summed E-state index contributed by atoms with van der Waals surface area (Å²) in [6.07, 6.45) is 0.00796. The molecular weight excluding hydrogens is 214 g/mol. The molecule has 0 radical (unpaired) electrons. The predicted molar refractivity (Wildman–Crippen MR) is 53.5 cm³/mol. The van der Waals surface area contributed by atoms with E-state index in [-0.39, 0.29) is 12.2 Å². The summed E-state index contributed by atoms with van der Waals surface area (Å²) in [6.45, 7) is -0.591. The first kappa shape index (κ1) is 12.0. The average molecular weight is 225 g/mol. The molecule has 0 aliphatic heterocycles. The van der Waals surface area contributed by atoms with E-state index in [0.29, 0.717) is 5.56 Å². The number of carbonyl (C=O) groups excluding carboxylic acids is 1. The Hall–Kier alpha value is -2.08. The van der Waals surface area contributed by atoms with E-state index < -0.39 is 18.5 Å². The highest BCUT2D eigenvalue weighted by atomic mass is 16.7. The molecule has 0 saturated carbocycles. The van der Waals surface area contributed by atoms with Gasteiger partial charge in [0.25, 0.3) is 0 Å². The second-order valence-corrected chi connectivity index (χ2v) is 3.05. The first-order valence-corrected chi connectivity index (χ1v) is 4.48. The number of hydrogen-bond acceptors (Lipinski definition) is 4. The summed E-state index contributed by atoms with van der Waals surface area (Å²) in [5, 5.41) is 17.4. The van der Waals surface area contributed by atoms with Gasteiger partial charge in [-0.2, -0.15) is 0 Å². The molecule has 6 heteroatoms. The van der Waals surface area contributed by atoms with Gasteiger partial charge in [-0.1, -0.05) is 12.1 Å². The zero-order valence-corrected chi connectivity index (χ0v) is 8.34. The van der Waals surface area contributed by atoms with Gasteiger partial charge in [0, 0.05) is 0 Å². The van der Waals surface area contributed by atoms with Crippen LogP contribution in [0.2, 0.25) is 0 Å². The Kier molecular flexibility index (Phi) is 4.28. The van der Waals surface area contributed by atoms with Gasteiger partial charge in [0.05, 0.1) is 6.42 Å². The Morgan fingerprint density at radius 1 is 1.38 bits per heavy atom. The topological polar surface area (TPSA) is 95.9 Å². The lowest BCUT2D eigenvalue weighted by atomic mass is 10.1. The van der Waals surface area contributed by atoms with Gasteiger partial charge in [-0.15, -0.1) is 0 Å². The van der Waals surface area contributed by atoms with Gasteiger partial charge in [0.2, 0.25) is 5.91 Å². The van der Waals surface area contributed by atoms with E-state index in [0.717, 1.165) is 0 Å². The molecule has 0 aliphatic rings. The van der Waals surface area contributed by atoms with Crippen LogP contribution in [0.4, 0.5) is 0 Å². The third kappa shape index (κ3) is 4.43. The molecule has 1 rings (SSSR count). The number of aliphatic carboxylic acids is 1. The Balaban J connectivity index is 2.37. The third-order valence-corrected chi connectivity index (χ3v) is 1.66. The maximum absolute atomic E-state index is 11.2. The maximum Gasteiger partial charge on any atom is 0.332 e. The molecule has 0 heterocycles. The van der Waals surface area contributed by atoms with Crippen LogP contribution < -0.4 is 5.48 Å². The number of hydroxylamine groups is 1. The van der Waals surface area contributed by atoms with Gasteiger partial charge in [-0.25, -0.2) is 10.3 Å². The number of carboxylic acid groups (broad SMARTS) is 1. The average Bonchev–Trinajstić information content (AvgIpc) is 2.16. The molecule has 1 aromatic rings. The number of hydrogen-bond donors (Lipinski definition) is 3. The van der Waals surface area contributed by atoms with Crippen LogP contribution in [0.1, 0.15) is 5.56 Å². The molecular formula is C10H11NO5. The zero-order valence-electron chi connectivity index (χ0n) is 8.34. The molecule has 0 aromatic heterocycles. The number of phenolic OH excluding ortho intramolecular Hbond substituents is 1. The van der Waals surface area contributed by atoms with Crippen LogP contribution in [0.15, 0.2) is 24.3 Å². The Morgan fingerprint density at radius 2 is 2.12 bits per heavy atom. The van der Waals surface area contributed by atoms with E-state index >= 15 is 0 Å². The van der Waals surface area contributed by atoms with Gasteiger partial charge in [0.15, 0.2) is 6.61 Å². The molecule has 3 N–H and O–H groups in total. The van der Waals surface area contributed by atoms with Crippen molar-refractivity contribution in [2.24, 2.45) is 0 Å². The summed E-state index contributed by atoms with van der Waals surface area (Å²) in [5.74, 6) is -1.58. The zero-order chi connectivity index (χ0) is 12.0. The fourth-order valence-electron chi connectivity index (χ4n) is 1.07. The molecule has 0 aliphatic carbocycles. The number of nitrogens with one attached hydrogen (secondary N) is 1. The summed E-state index contributed by atoms with van der Waals surface area (Å²) in [7, 11) is 0. The fourth-order valence-corrected chi connectivity index (χ4v) is 1.07. The predicted octanol–water partition coefficient (Wildman–Crippen LogP) is 0.0671. The molecule has 0 atom stereocenters. The normalized spacial score (nSPS) is 9.75. The Labute approximate surface area is 91.4 Å². The van der Waals surface area contributed by atoms with Gasteiger partial charge >= 0.3 is 5.97 Å². The van der Waals surface area contributed by atoms with Crippen molar-refractivity contribution in [3.05, 3.63) is 29.8 Å². The van der Waals surface area contributed by atoms with Crippen LogP contribution in [0.5, 0.6) is 5.75 Å². The second kappa shape index (κ2) is 5.72. The van der Waals surface area contributed by atoms with Crippen molar-refractivity contribution in [1.29, 1.82) is 0 Å². The van der Waals surface area contributed by atoms with Crippen molar-refractivity contribution < 1.29 is 24.6 Å². The van der Waals surface area contributed by atoms with Crippen molar-refractivity contribution >= 4 is 11.9 Å². The molecule has 0 spiro atoms. The SMILES string of the molecule is O=C(O)CONC(=O)Cc1cccc(O)c1. The summed E-state index contributed by atoms with van der Waals surface area (Å²) >= 11 is 0. The van der Waals surface area contributed by atoms with Crippen molar-refractivity contribution in [3.8, 4) is 5.75 Å². The molecule has 16 heavy (non-hydrogen) atoms. The van der Waals surface area contributed by atoms with Crippen LogP contribution in [-0.2, 0) is 20.8 Å². The molecule has 86 valence electrons. The number of amides is 1. The van der Waals surface area contributed by atoms with Crippen molar-refractivity contribution in [1.82, 2.24) is 5.48 Å². The van der Waals surface area contributed by atoms with E-state index in [2.05, 4.69) is 4.84 Å². The van der Waals surface area contributed by atoms with Gasteiger partial charge < -0.3 is 10.2 Å². The summed E-state index contributed by atoms with van der Waals surface area (Å²) in [5.41, 5.74) is 2.59. The quantitative estimate of drug-likeness (QED) is 0.616. The smallest absolute Gasteiger partial charge is 0.332 e. The molecule has 0 fully saturated rings. The Bertz CT molecular complexity index is 391. The summed E-state index contributed by atoms with van der Waals surface area (Å²) in [4.78, 5) is 25.7. The third-order valence-electron chi connectivity index (χ3n) is 1.66. The minimum absolute atomic E-state index is 0.00796. The maximum atomic E-state index is 11.2. The van der Waals surface area contributed by atoms with E-state index in [1.807, 2.05) is 5.48 Å². The highest BCUT2D eigenvalue weighted by Gasteiger charge is 2.05. The minimum atomic E-state index is -1.17. The van der Waals surface area contributed by atoms with Crippen molar-refractivity contribution in [2.45, 2.75) is 6.42 Å². The minimum Gasteiger partial charge on any atom is -0.508 e. The molecule has 0 bridgehead atoms. The van der Waals surface area contributed by atoms with Crippen LogP contribution in [-0.4, -0.2) is 28.7 Å². The van der Waals surface area contributed by atoms with E-state index in [4.69, 9.17) is 10.2 Å². The van der Waals surface area contributed by atoms with E-state index in [9.17, 15) is 9.59 Å². The van der Waals surface area contributed by atoms with Gasteiger partial charge in [-0.05, 0) is 17.7 Å². The number of aromatic hydroxyl groups is 1. The summed E-state index contributed by atoms with van der Waals surface area (Å²) in [6, 6.07) is 6.20. The van der Waals surface area contributed by atoms with Crippen LogP contribution in [0, 0.1) is 0 Å². The highest BCUT2D eigenvalue weighted by molar-refractivity contribution is 5.78. The van der Waals surface area contributed by atoms with Crippen LogP contribution in [0.3, 0.4) is 0 Å². The fraction of sp³-hybridized carbons (Fsp3) is 0.200. The number of phenols is 1. The van der Waals surface area contributed by atoms with Gasteiger partial charge in [0.1, 0.15) is 5.75 Å². The first-order chi connectivity index (χ1) is 7.58. The Morgan fingerprint density at radius 3 is 2.75 bits per heavy atom. The highest BCUT2D eigenvalue weighted by Crippen LogP contribution is 2.10. The lowest BCUT2D eigenvalue weighted by Gasteiger charge is -2.04. The standard InChI is InChI=1S/C10H11NO5/c12-8-3-1-2-7(4-8)5-9(13)11-16-6-10(14)15/h1-4,12H,5-6H2,(H,11,13)(H,14,15). The lowest BCUT2D eigenvalue weighted by molar-refractivity contribution is -0.149. The molecule has 1 aromatic carbocycles. The summed E-state index contributed by atoms with van der Waals surface area (Å²) < 4.78 is 0. The largest absolute Gasteiger partial charge is 0.508 e. The second-order valence-electron chi connectivity index (χ2n) is 3.05. The molecule has 1 amide bonds. The number of benzene rings is 1. The van der Waals surface area contributed by atoms with Gasteiger partial charge in [-0.3, -0.25) is 9.63 Å². The first-order valence-electron chi connectivity index (χ1n) is 4.48. The molecule has 6 nitrogen and oxygen atoms in total. The lowest BCUT2D eigenvalue weighted by Crippen LogP contribution is -2.27. The monoisotopic (exact) mass is 225 g/mol. The number of rotatable bonds is 5. The van der Waals surface area contributed by atoms with Crippen LogP contribution in [0.25, 0.3) is 0 Å². The van der Waals surface area contributed by atoms with E-state index in [1.165, 1.54) is 12.1 Å². The number of carbonyl (C=O) groups is 2. The van der Waals surface area contributed by atoms with E-state index in [1.54, 1.807) is 12.1 Å². The van der Waals surface area contributed by atoms with Crippen LogP contribution >= 0.6 is 0 Å². The molecule has 0 unspecified atom stereocenters. The number of carboxylic acids is 1.